The van der Waals surface area contributed by atoms with Gasteiger partial charge in [0.1, 0.15) is 11.1 Å². The Morgan fingerprint density at radius 1 is 1.11 bits per heavy atom. The molecule has 1 aliphatic carbocycles. The summed E-state index contributed by atoms with van der Waals surface area (Å²) >= 11 is -1.61. The van der Waals surface area contributed by atoms with E-state index in [1.165, 1.54) is 18.4 Å². The predicted octanol–water partition coefficient (Wildman–Crippen LogP) is 3.10. The second-order valence-corrected chi connectivity index (χ2v) is 10.6. The molecule has 1 aromatic carbocycles. The Morgan fingerprint density at radius 2 is 1.67 bits per heavy atom. The molecule has 11 heteroatoms. The van der Waals surface area contributed by atoms with Crippen LogP contribution in [0.1, 0.15) is 32.3 Å². The van der Waals surface area contributed by atoms with Crippen molar-refractivity contribution in [2.24, 2.45) is 11.8 Å². The third-order valence-electron chi connectivity index (χ3n) is 7.05. The Labute approximate surface area is 215 Å². The van der Waals surface area contributed by atoms with Crippen LogP contribution in [-0.4, -0.2) is 75.3 Å². The number of halogens is 2. The predicted molar refractivity (Wildman–Crippen MR) is 138 cm³/mol. The highest BCUT2D eigenvalue weighted by Crippen LogP contribution is 2.41. The van der Waals surface area contributed by atoms with Crippen molar-refractivity contribution in [3.8, 4) is 5.75 Å². The van der Waals surface area contributed by atoms with Crippen molar-refractivity contribution in [2.45, 2.75) is 38.8 Å². The Balaban J connectivity index is 0.000000711. The van der Waals surface area contributed by atoms with Gasteiger partial charge in [-0.05, 0) is 54.4 Å². The first kappa shape index (κ1) is 26.8. The molecule has 0 bridgehead atoms. The van der Waals surface area contributed by atoms with Gasteiger partial charge in [-0.25, -0.2) is 23.0 Å². The number of aromatic nitrogens is 2. The molecule has 2 saturated heterocycles. The van der Waals surface area contributed by atoms with Crippen LogP contribution in [0.4, 0.5) is 14.7 Å². The fourth-order valence-electron chi connectivity index (χ4n) is 5.31. The summed E-state index contributed by atoms with van der Waals surface area (Å²) in [5.41, 5.74) is 1.78. The van der Waals surface area contributed by atoms with Gasteiger partial charge in [0.05, 0.1) is 6.10 Å². The maximum atomic E-state index is 14.7. The van der Waals surface area contributed by atoms with Crippen LogP contribution in [0.3, 0.4) is 0 Å². The number of hydrogen-bond acceptors (Lipinski definition) is 7. The lowest BCUT2D eigenvalue weighted by atomic mass is 10.0. The van der Waals surface area contributed by atoms with Crippen LogP contribution in [0, 0.1) is 23.5 Å². The lowest BCUT2D eigenvalue weighted by molar-refractivity contribution is 0.182. The Hall–Kier alpha value is -2.21. The van der Waals surface area contributed by atoms with E-state index in [2.05, 4.69) is 32.0 Å². The average Bonchev–Trinajstić information content (AvgIpc) is 3.41. The Morgan fingerprint density at radius 3 is 2.19 bits per heavy atom. The van der Waals surface area contributed by atoms with Crippen LogP contribution in [0.25, 0.3) is 0 Å². The summed E-state index contributed by atoms with van der Waals surface area (Å²) in [6, 6.07) is 2.85. The maximum absolute atomic E-state index is 14.7. The lowest BCUT2D eigenvalue weighted by Gasteiger charge is -2.27. The van der Waals surface area contributed by atoms with Crippen LogP contribution in [0.2, 0.25) is 0 Å². The minimum Gasteiger partial charge on any atom is -0.484 e. The highest BCUT2D eigenvalue weighted by atomic mass is 32.2. The molecular formula is C25H37F2N5O3S. The smallest absolute Gasteiger partial charge is 0.225 e. The molecule has 3 aliphatic rings. The Kier molecular flexibility index (Phi) is 9.21. The number of anilines is 1. The van der Waals surface area contributed by atoms with Crippen molar-refractivity contribution in [3.05, 3.63) is 47.3 Å². The van der Waals surface area contributed by atoms with Gasteiger partial charge < -0.3 is 19.5 Å². The molecule has 4 atom stereocenters. The highest BCUT2D eigenvalue weighted by molar-refractivity contribution is 7.78. The zero-order chi connectivity index (χ0) is 25.7. The summed E-state index contributed by atoms with van der Waals surface area (Å²) in [6.45, 7) is 7.96. The van der Waals surface area contributed by atoms with Crippen LogP contribution in [0.5, 0.6) is 5.75 Å². The van der Waals surface area contributed by atoms with E-state index in [4.69, 9.17) is 13.5 Å². The summed E-state index contributed by atoms with van der Waals surface area (Å²) in [5, 5.41) is 3.29. The molecule has 3 fully saturated rings. The summed E-state index contributed by atoms with van der Waals surface area (Å²) in [6.07, 6.45) is 7.34. The van der Waals surface area contributed by atoms with Crippen LogP contribution in [0.15, 0.2) is 24.5 Å². The number of benzene rings is 1. The summed E-state index contributed by atoms with van der Waals surface area (Å²) < 4.78 is 52.0. The highest BCUT2D eigenvalue weighted by Gasteiger charge is 2.43. The van der Waals surface area contributed by atoms with Gasteiger partial charge in [-0.2, -0.15) is 0 Å². The van der Waals surface area contributed by atoms with Gasteiger partial charge in [0.15, 0.2) is 17.4 Å². The van der Waals surface area contributed by atoms with Crippen molar-refractivity contribution < 1.29 is 23.7 Å². The minimum absolute atomic E-state index is 0. The SMILES string of the molecule is CCc1cnc(N2CC3CC(Oc4c(F)cc(CN5CCNCC5)cc4F)C[C@H]3C2)nc1.CS(=O)O.[HH]. The summed E-state index contributed by atoms with van der Waals surface area (Å²) in [5.74, 6) is 0.220. The van der Waals surface area contributed by atoms with Crippen molar-refractivity contribution in [1.29, 1.82) is 0 Å². The fraction of sp³-hybridized carbons (Fsp3) is 0.600. The zero-order valence-electron chi connectivity index (χ0n) is 20.8. The first-order valence-electron chi connectivity index (χ1n) is 12.5. The van der Waals surface area contributed by atoms with E-state index in [-0.39, 0.29) is 13.3 Å². The molecule has 0 amide bonds. The maximum Gasteiger partial charge on any atom is 0.225 e. The molecule has 5 rings (SSSR count). The molecule has 8 nitrogen and oxygen atoms in total. The molecule has 0 spiro atoms. The van der Waals surface area contributed by atoms with Crippen molar-refractivity contribution in [3.63, 3.8) is 0 Å². The largest absolute Gasteiger partial charge is 0.484 e. The van der Waals surface area contributed by atoms with Gasteiger partial charge in [0.2, 0.25) is 5.95 Å². The molecule has 2 aromatic rings. The number of nitrogens with one attached hydrogen (secondary N) is 1. The van der Waals surface area contributed by atoms with Crippen molar-refractivity contribution in [2.75, 3.05) is 50.4 Å². The number of piperazine rings is 1. The van der Waals surface area contributed by atoms with Crippen LogP contribution < -0.4 is 15.0 Å². The van der Waals surface area contributed by atoms with Gasteiger partial charge >= 0.3 is 0 Å². The molecule has 36 heavy (non-hydrogen) atoms. The molecule has 1 saturated carbocycles. The van der Waals surface area contributed by atoms with Crippen LogP contribution in [-0.2, 0) is 24.0 Å². The normalized spacial score (nSPS) is 24.7. The summed E-state index contributed by atoms with van der Waals surface area (Å²) in [4.78, 5) is 13.4. The third kappa shape index (κ3) is 6.96. The van der Waals surface area contributed by atoms with Crippen molar-refractivity contribution >= 4 is 17.0 Å². The molecular weight excluding hydrogens is 488 g/mol. The molecule has 0 radical (unpaired) electrons. The quantitative estimate of drug-likeness (QED) is 0.556. The van der Waals surface area contributed by atoms with E-state index in [0.717, 1.165) is 70.0 Å². The number of rotatable bonds is 6. The minimum atomic E-state index is -1.61. The molecule has 200 valence electrons. The van der Waals surface area contributed by atoms with E-state index >= 15 is 0 Å². The standard InChI is InChI=1S/C24H31F2N5O.CH4O2S.H2/c1-2-16-11-28-24(29-12-16)31-14-18-9-20(10-19(18)15-31)32-23-21(25)7-17(8-22(23)26)13-30-5-3-27-4-6-30;1-4(2)3;/h7-8,11-12,18-20,27H,2-6,9-10,13-15H2,1H3;1H3,(H,2,3);1H/t18-,19?,20?;;/m0../s1. The molecule has 1 aromatic heterocycles. The number of hydrogen-bond donors (Lipinski definition) is 2. The van der Waals surface area contributed by atoms with Gasteiger partial charge in [-0.3, -0.25) is 4.90 Å². The van der Waals surface area contributed by atoms with Gasteiger partial charge in [-0.15, -0.1) is 0 Å². The lowest BCUT2D eigenvalue weighted by Crippen LogP contribution is -2.42. The number of ether oxygens (including phenoxy) is 1. The molecule has 2 N–H and O–H groups in total. The van der Waals surface area contributed by atoms with Gasteiger partial charge in [-0.1, -0.05) is 6.92 Å². The van der Waals surface area contributed by atoms with E-state index in [1.807, 2.05) is 12.4 Å². The van der Waals surface area contributed by atoms with Crippen molar-refractivity contribution in [1.82, 2.24) is 20.2 Å². The average molecular weight is 526 g/mol. The second kappa shape index (κ2) is 12.4. The molecule has 3 unspecified atom stereocenters. The third-order valence-corrected chi connectivity index (χ3v) is 7.05. The Bertz CT molecular complexity index is 1000. The number of nitrogens with zero attached hydrogens (tertiary/aromatic N) is 4. The van der Waals surface area contributed by atoms with Gasteiger partial charge in [0.25, 0.3) is 0 Å². The molecule has 2 aliphatic heterocycles. The van der Waals surface area contributed by atoms with Gasteiger partial charge in [0, 0.05) is 65.9 Å². The van der Waals surface area contributed by atoms with E-state index in [9.17, 15) is 8.78 Å². The summed E-state index contributed by atoms with van der Waals surface area (Å²) in [7, 11) is 0. The van der Waals surface area contributed by atoms with E-state index < -0.39 is 22.7 Å². The van der Waals surface area contributed by atoms with E-state index in [1.54, 1.807) is 0 Å². The molecule has 3 heterocycles. The topological polar surface area (TPSA) is 90.8 Å². The first-order valence-corrected chi connectivity index (χ1v) is 14.0. The number of fused-ring (bicyclic) bond motifs is 1. The van der Waals surface area contributed by atoms with E-state index in [0.29, 0.717) is 23.9 Å². The monoisotopic (exact) mass is 525 g/mol. The first-order chi connectivity index (χ1) is 17.3. The fourth-order valence-corrected chi connectivity index (χ4v) is 5.31. The van der Waals surface area contributed by atoms with Crippen LogP contribution >= 0.6 is 0 Å². The number of aryl methyl sites for hydroxylation is 1. The second-order valence-electron chi connectivity index (χ2n) is 9.72. The zero-order valence-corrected chi connectivity index (χ0v) is 21.6.